The number of ether oxygens (including phenoxy) is 4. The minimum atomic E-state index is -2.50. The van der Waals surface area contributed by atoms with Crippen molar-refractivity contribution in [2.45, 2.75) is 0 Å². The van der Waals surface area contributed by atoms with Gasteiger partial charge >= 0.3 is 0 Å². The maximum Gasteiger partial charge on any atom is 0.244 e. The van der Waals surface area contributed by atoms with E-state index in [-0.39, 0.29) is 0 Å². The maximum atomic E-state index is 5.36. The van der Waals surface area contributed by atoms with Gasteiger partial charge in [-0.05, 0) is 11.8 Å². The topological polar surface area (TPSA) is 55.4 Å². The molecule has 0 aliphatic heterocycles. The van der Waals surface area contributed by atoms with Crippen LogP contribution in [0.1, 0.15) is 0 Å². The lowest BCUT2D eigenvalue weighted by Gasteiger charge is -2.16. The second-order valence-electron chi connectivity index (χ2n) is 3.35. The predicted molar refractivity (Wildman–Crippen MR) is 80.6 cm³/mol. The third kappa shape index (κ3) is 15.0. The Bertz CT molecular complexity index is 224. The second kappa shape index (κ2) is 13.7. The van der Waals surface area contributed by atoms with Crippen LogP contribution in [0, 0.1) is 0 Å². The lowest BCUT2D eigenvalue weighted by atomic mass is 10.7. The van der Waals surface area contributed by atoms with Gasteiger partial charge in [0.2, 0.25) is 5.69 Å². The molecule has 0 atom stereocenters. The first-order chi connectivity index (χ1) is 9.12. The molecule has 0 unspecified atom stereocenters. The summed E-state index contributed by atoms with van der Waals surface area (Å²) in [6, 6.07) is 0. The Morgan fingerprint density at radius 3 is 1.47 bits per heavy atom. The first kappa shape index (κ1) is 19.8. The highest BCUT2D eigenvalue weighted by Gasteiger charge is 2.12. The minimum absolute atomic E-state index is 0.356. The third-order valence-corrected chi connectivity index (χ3v) is 4.17. The van der Waals surface area contributed by atoms with E-state index in [4.69, 9.17) is 39.8 Å². The molecule has 0 amide bonds. The summed E-state index contributed by atoms with van der Waals surface area (Å²) in [6.45, 7) is 3.78. The fraction of sp³-hybridized carbons (Fsp3) is 1.00. The molecule has 0 saturated carbocycles. The van der Waals surface area contributed by atoms with E-state index in [9.17, 15) is 0 Å². The van der Waals surface area contributed by atoms with Crippen LogP contribution < -0.4 is 0 Å². The molecule has 0 aliphatic rings. The zero-order chi connectivity index (χ0) is 14.4. The van der Waals surface area contributed by atoms with Gasteiger partial charge in [0, 0.05) is 14.2 Å². The molecule has 0 fully saturated rings. The smallest absolute Gasteiger partial charge is 0.244 e. The van der Waals surface area contributed by atoms with Crippen molar-refractivity contribution in [1.82, 2.24) is 0 Å². The van der Waals surface area contributed by atoms with E-state index in [0.29, 0.717) is 52.9 Å². The van der Waals surface area contributed by atoms with Gasteiger partial charge in [-0.2, -0.15) is 0 Å². The minimum Gasteiger partial charge on any atom is -0.382 e. The lowest BCUT2D eigenvalue weighted by molar-refractivity contribution is 0.0466. The van der Waals surface area contributed by atoms with Crippen molar-refractivity contribution >= 4 is 29.7 Å². The molecule has 116 valence electrons. The van der Waals surface area contributed by atoms with E-state index in [0.717, 1.165) is 0 Å². The van der Waals surface area contributed by atoms with Crippen molar-refractivity contribution in [1.29, 1.82) is 0 Å². The Morgan fingerprint density at radius 2 is 1.11 bits per heavy atom. The van der Waals surface area contributed by atoms with E-state index < -0.39 is 5.69 Å². The van der Waals surface area contributed by atoms with E-state index in [1.54, 1.807) is 14.2 Å². The van der Waals surface area contributed by atoms with Gasteiger partial charge in [0.25, 0.3) is 0 Å². The molecule has 0 radical (unpaired) electrons. The Morgan fingerprint density at radius 1 is 0.737 bits per heavy atom. The van der Waals surface area contributed by atoms with Crippen molar-refractivity contribution in [2.75, 3.05) is 67.1 Å². The van der Waals surface area contributed by atoms with Crippen LogP contribution in [0.25, 0.3) is 0 Å². The molecule has 0 aliphatic carbocycles. The summed E-state index contributed by atoms with van der Waals surface area (Å²) in [5.74, 6) is 0. The molecule has 0 N–H and O–H groups in total. The van der Waals surface area contributed by atoms with Crippen LogP contribution in [-0.2, 0) is 39.8 Å². The highest BCUT2D eigenvalue weighted by Crippen LogP contribution is 2.53. The molecule has 19 heavy (non-hydrogen) atoms. The predicted octanol–water partition coefficient (Wildman–Crippen LogP) is 1.50. The summed E-state index contributed by atoms with van der Waals surface area (Å²) in [6.07, 6.45) is 0. The largest absolute Gasteiger partial charge is 0.382 e. The molecule has 0 heterocycles. The van der Waals surface area contributed by atoms with Crippen LogP contribution in [-0.4, -0.2) is 67.1 Å². The monoisotopic (exact) mass is 334 g/mol. The van der Waals surface area contributed by atoms with E-state index in [1.165, 1.54) is 0 Å². The molecular formula is C10H23O6PS2. The Kier molecular flexibility index (Phi) is 14.3. The Labute approximate surface area is 125 Å². The Balaban J connectivity index is 3.39. The zero-order valence-electron chi connectivity index (χ0n) is 11.4. The summed E-state index contributed by atoms with van der Waals surface area (Å²) >= 11 is 9.31. The van der Waals surface area contributed by atoms with Crippen LogP contribution in [0.2, 0.25) is 0 Å². The van der Waals surface area contributed by atoms with E-state index in [1.807, 2.05) is 0 Å². The molecule has 0 rings (SSSR count). The number of methoxy groups -OCH3 is 2. The molecule has 0 aromatic carbocycles. The van der Waals surface area contributed by atoms with Gasteiger partial charge in [-0.1, -0.05) is 12.2 Å². The number of hydrogen-bond donors (Lipinski definition) is 1. The standard InChI is InChI=1S/C10H23O6PS2/c1-11-3-5-13-7-9-15-17(18,19)16-10-8-14-6-4-12-2/h3-10H2,1-2H3,(H,18,19). The number of thiol groups is 1. The SMILES string of the molecule is COCCOCCOP(=S)(S)OCCOCCOC. The van der Waals surface area contributed by atoms with Gasteiger partial charge < -0.3 is 28.0 Å². The lowest BCUT2D eigenvalue weighted by Crippen LogP contribution is -2.09. The fourth-order valence-corrected chi connectivity index (χ4v) is 2.57. The molecule has 6 nitrogen and oxygen atoms in total. The van der Waals surface area contributed by atoms with Crippen LogP contribution in [0.5, 0.6) is 0 Å². The van der Waals surface area contributed by atoms with Crippen molar-refractivity contribution in [3.63, 3.8) is 0 Å². The second-order valence-corrected chi connectivity index (χ2v) is 8.63. The quantitative estimate of drug-likeness (QED) is 0.293. The maximum absolute atomic E-state index is 5.36. The van der Waals surface area contributed by atoms with Gasteiger partial charge in [0.05, 0.1) is 52.9 Å². The molecule has 0 aromatic heterocycles. The van der Waals surface area contributed by atoms with Crippen molar-refractivity contribution in [3.8, 4) is 0 Å². The van der Waals surface area contributed by atoms with Crippen LogP contribution in [0.4, 0.5) is 0 Å². The van der Waals surface area contributed by atoms with Gasteiger partial charge in [-0.3, -0.25) is 0 Å². The first-order valence-electron chi connectivity index (χ1n) is 5.87. The summed E-state index contributed by atoms with van der Waals surface area (Å²) in [7, 11) is 3.24. The average molecular weight is 334 g/mol. The van der Waals surface area contributed by atoms with Gasteiger partial charge in [0.15, 0.2) is 0 Å². The molecule has 0 bridgehead atoms. The normalized spacial score (nSPS) is 11.9. The summed E-state index contributed by atoms with van der Waals surface area (Å²) < 4.78 is 30.9. The zero-order valence-corrected chi connectivity index (χ0v) is 14.0. The van der Waals surface area contributed by atoms with Crippen LogP contribution in [0.15, 0.2) is 0 Å². The third-order valence-electron chi connectivity index (χ3n) is 1.83. The molecule has 0 aromatic rings. The van der Waals surface area contributed by atoms with Crippen LogP contribution >= 0.6 is 17.9 Å². The van der Waals surface area contributed by atoms with Crippen molar-refractivity contribution in [2.24, 2.45) is 0 Å². The summed E-state index contributed by atoms with van der Waals surface area (Å²) in [5, 5.41) is 0. The van der Waals surface area contributed by atoms with Crippen molar-refractivity contribution in [3.05, 3.63) is 0 Å². The molecule has 0 spiro atoms. The highest BCUT2D eigenvalue weighted by molar-refractivity contribution is 8.60. The van der Waals surface area contributed by atoms with Crippen molar-refractivity contribution < 1.29 is 28.0 Å². The molecule has 9 heteroatoms. The van der Waals surface area contributed by atoms with Gasteiger partial charge in [-0.25, -0.2) is 0 Å². The summed E-state index contributed by atoms with van der Waals surface area (Å²) in [4.78, 5) is 0. The average Bonchev–Trinajstić information content (AvgIpc) is 2.38. The first-order valence-corrected chi connectivity index (χ1v) is 9.66. The fourth-order valence-electron chi connectivity index (χ4n) is 0.949. The van der Waals surface area contributed by atoms with Gasteiger partial charge in [0.1, 0.15) is 0 Å². The van der Waals surface area contributed by atoms with E-state index >= 15 is 0 Å². The van der Waals surface area contributed by atoms with Crippen LogP contribution in [0.3, 0.4) is 0 Å². The number of rotatable bonds is 14. The van der Waals surface area contributed by atoms with Gasteiger partial charge in [-0.15, -0.1) is 0 Å². The molecule has 0 saturated heterocycles. The number of hydrogen-bond acceptors (Lipinski definition) is 7. The Hall–Kier alpha value is 0.760. The molecular weight excluding hydrogens is 311 g/mol. The van der Waals surface area contributed by atoms with E-state index in [2.05, 4.69) is 12.2 Å². The summed E-state index contributed by atoms with van der Waals surface area (Å²) in [5.41, 5.74) is -2.50. The highest BCUT2D eigenvalue weighted by atomic mass is 32.9.